The van der Waals surface area contributed by atoms with Gasteiger partial charge in [-0.25, -0.2) is 0 Å². The third-order valence-corrected chi connectivity index (χ3v) is 6.60. The lowest BCUT2D eigenvalue weighted by Crippen LogP contribution is -2.24. The van der Waals surface area contributed by atoms with Crippen LogP contribution in [0.2, 0.25) is 4.34 Å². The quantitative estimate of drug-likeness (QED) is 0.392. The number of fused-ring (bicyclic) bond motifs is 1. The maximum absolute atomic E-state index is 12.6. The number of benzene rings is 1. The van der Waals surface area contributed by atoms with Crippen molar-refractivity contribution < 1.29 is 14.6 Å². The molecule has 1 amide bonds. The van der Waals surface area contributed by atoms with Crippen molar-refractivity contribution >= 4 is 57.1 Å². The van der Waals surface area contributed by atoms with Crippen molar-refractivity contribution in [3.8, 4) is 5.88 Å². The van der Waals surface area contributed by atoms with Gasteiger partial charge in [0.1, 0.15) is 6.61 Å². The SMILES string of the molecule is Cc1nnc(NC(=O)c2ccc(Cl)s2)c2cn(Cc3cccc(N4CCOC4=N)c3)c(O)c12. The molecule has 0 saturated carbocycles. The molecule has 0 spiro atoms. The molecule has 0 atom stereocenters. The Balaban J connectivity index is 1.47. The minimum absolute atomic E-state index is 0.0368. The molecule has 0 unspecified atom stereocenters. The van der Waals surface area contributed by atoms with Crippen LogP contribution in [0.1, 0.15) is 20.9 Å². The number of amidine groups is 1. The van der Waals surface area contributed by atoms with Crippen molar-refractivity contribution in [1.29, 1.82) is 5.41 Å². The standard InChI is InChI=1S/C22H19ClN6O3S/c1-12-18-15(19(27-26-12)25-20(30)16-5-6-17(23)33-16)11-28(21(18)31)10-13-3-2-4-14(9-13)29-7-8-32-22(29)24/h2-6,9,11,24,31H,7-8,10H2,1H3,(H,25,27,30). The first-order valence-corrected chi connectivity index (χ1v) is 11.3. The van der Waals surface area contributed by atoms with Crippen LogP contribution in [0.25, 0.3) is 10.8 Å². The van der Waals surface area contributed by atoms with E-state index < -0.39 is 0 Å². The van der Waals surface area contributed by atoms with Gasteiger partial charge in [0.05, 0.1) is 38.8 Å². The number of thiophene rings is 1. The van der Waals surface area contributed by atoms with E-state index in [0.29, 0.717) is 45.4 Å². The molecule has 168 valence electrons. The minimum Gasteiger partial charge on any atom is -0.494 e. The largest absolute Gasteiger partial charge is 0.494 e. The van der Waals surface area contributed by atoms with Crippen LogP contribution in [0.5, 0.6) is 5.88 Å². The van der Waals surface area contributed by atoms with Crippen LogP contribution >= 0.6 is 22.9 Å². The normalized spacial score (nSPS) is 13.5. The fraction of sp³-hybridized carbons (Fsp3) is 0.182. The van der Waals surface area contributed by atoms with Gasteiger partial charge in [-0.3, -0.25) is 15.1 Å². The van der Waals surface area contributed by atoms with E-state index in [2.05, 4.69) is 15.5 Å². The second-order valence-electron chi connectivity index (χ2n) is 7.54. The summed E-state index contributed by atoms with van der Waals surface area (Å²) < 4.78 is 7.44. The zero-order chi connectivity index (χ0) is 23.1. The second kappa shape index (κ2) is 8.38. The van der Waals surface area contributed by atoms with Gasteiger partial charge in [0.15, 0.2) is 5.82 Å². The number of aromatic nitrogens is 3. The molecule has 4 aromatic rings. The topological polar surface area (TPSA) is 116 Å². The fourth-order valence-corrected chi connectivity index (χ4v) is 4.75. The average Bonchev–Trinajstić information content (AvgIpc) is 3.50. The number of ether oxygens (including phenoxy) is 1. The van der Waals surface area contributed by atoms with Crippen LogP contribution in [0, 0.1) is 12.3 Å². The third-order valence-electron chi connectivity index (χ3n) is 5.37. The van der Waals surface area contributed by atoms with Crippen LogP contribution in [0.15, 0.2) is 42.6 Å². The van der Waals surface area contributed by atoms with Crippen LogP contribution < -0.4 is 10.2 Å². The van der Waals surface area contributed by atoms with E-state index in [9.17, 15) is 9.90 Å². The highest BCUT2D eigenvalue weighted by atomic mass is 35.5. The Kier molecular flexibility index (Phi) is 5.39. The van der Waals surface area contributed by atoms with Gasteiger partial charge in [-0.15, -0.1) is 16.4 Å². The lowest BCUT2D eigenvalue weighted by Gasteiger charge is -2.16. The molecule has 1 aromatic carbocycles. The zero-order valence-corrected chi connectivity index (χ0v) is 19.1. The van der Waals surface area contributed by atoms with Crippen molar-refractivity contribution in [2.45, 2.75) is 13.5 Å². The number of aromatic hydroxyl groups is 1. The molecular weight excluding hydrogens is 464 g/mol. The van der Waals surface area contributed by atoms with E-state index in [1.54, 1.807) is 34.7 Å². The highest BCUT2D eigenvalue weighted by Gasteiger charge is 2.21. The molecule has 33 heavy (non-hydrogen) atoms. The number of carbonyl (C=O) groups excluding carboxylic acids is 1. The molecule has 5 rings (SSSR count). The predicted octanol–water partition coefficient (Wildman–Crippen LogP) is 4.23. The second-order valence-corrected chi connectivity index (χ2v) is 9.25. The number of nitrogens with one attached hydrogen (secondary N) is 2. The van der Waals surface area contributed by atoms with Crippen molar-refractivity contribution in [1.82, 2.24) is 14.8 Å². The molecule has 0 radical (unpaired) electrons. The summed E-state index contributed by atoms with van der Waals surface area (Å²) in [5.74, 6) is -0.0492. The van der Waals surface area contributed by atoms with Gasteiger partial charge >= 0.3 is 0 Å². The Hall–Kier alpha value is -3.63. The Bertz CT molecular complexity index is 1400. The average molecular weight is 483 g/mol. The molecule has 3 N–H and O–H groups in total. The first-order valence-electron chi connectivity index (χ1n) is 10.1. The predicted molar refractivity (Wildman–Crippen MR) is 128 cm³/mol. The summed E-state index contributed by atoms with van der Waals surface area (Å²) in [5.41, 5.74) is 2.34. The summed E-state index contributed by atoms with van der Waals surface area (Å²) in [6.07, 6.45) is 1.75. The van der Waals surface area contributed by atoms with E-state index in [-0.39, 0.29) is 23.6 Å². The highest BCUT2D eigenvalue weighted by molar-refractivity contribution is 7.18. The lowest BCUT2D eigenvalue weighted by atomic mass is 10.2. The Labute approximate surface area is 197 Å². The number of nitrogens with zero attached hydrogens (tertiary/aromatic N) is 4. The van der Waals surface area contributed by atoms with Gasteiger partial charge in [-0.1, -0.05) is 23.7 Å². The van der Waals surface area contributed by atoms with Crippen molar-refractivity contribution in [2.24, 2.45) is 0 Å². The van der Waals surface area contributed by atoms with E-state index in [4.69, 9.17) is 21.7 Å². The monoisotopic (exact) mass is 482 g/mol. The molecule has 11 heteroatoms. The Morgan fingerprint density at radius 2 is 2.18 bits per heavy atom. The number of aryl methyl sites for hydroxylation is 1. The number of halogens is 1. The molecule has 1 fully saturated rings. The molecule has 4 heterocycles. The summed E-state index contributed by atoms with van der Waals surface area (Å²) in [7, 11) is 0. The van der Waals surface area contributed by atoms with Gasteiger partial charge in [0.2, 0.25) is 5.88 Å². The smallest absolute Gasteiger partial charge is 0.289 e. The first kappa shape index (κ1) is 21.2. The Morgan fingerprint density at radius 3 is 2.91 bits per heavy atom. The van der Waals surface area contributed by atoms with Crippen LogP contribution in [-0.4, -0.2) is 45.0 Å². The van der Waals surface area contributed by atoms with E-state index in [0.717, 1.165) is 11.3 Å². The van der Waals surface area contributed by atoms with Gasteiger partial charge in [-0.05, 0) is 36.8 Å². The van der Waals surface area contributed by atoms with Crippen LogP contribution in [0.4, 0.5) is 11.5 Å². The zero-order valence-electron chi connectivity index (χ0n) is 17.5. The summed E-state index contributed by atoms with van der Waals surface area (Å²) >= 11 is 7.11. The number of amides is 1. The van der Waals surface area contributed by atoms with Crippen molar-refractivity contribution in [3.63, 3.8) is 0 Å². The summed E-state index contributed by atoms with van der Waals surface area (Å²) in [6, 6.07) is 11.2. The number of anilines is 2. The van der Waals surface area contributed by atoms with Crippen molar-refractivity contribution in [2.75, 3.05) is 23.4 Å². The van der Waals surface area contributed by atoms with Gasteiger partial charge in [0.25, 0.3) is 11.9 Å². The maximum Gasteiger partial charge on any atom is 0.289 e. The van der Waals surface area contributed by atoms with E-state index in [1.807, 2.05) is 24.3 Å². The van der Waals surface area contributed by atoms with Gasteiger partial charge < -0.3 is 19.7 Å². The number of carbonyl (C=O) groups is 1. The number of rotatable bonds is 5. The van der Waals surface area contributed by atoms with E-state index in [1.165, 1.54) is 11.3 Å². The highest BCUT2D eigenvalue weighted by Crippen LogP contribution is 2.34. The minimum atomic E-state index is -0.346. The molecule has 1 aliphatic heterocycles. The maximum atomic E-state index is 12.6. The van der Waals surface area contributed by atoms with Crippen LogP contribution in [0.3, 0.4) is 0 Å². The lowest BCUT2D eigenvalue weighted by molar-refractivity contribution is 0.103. The third kappa shape index (κ3) is 3.98. The summed E-state index contributed by atoms with van der Waals surface area (Å²) in [6.45, 7) is 3.24. The number of hydrogen-bond acceptors (Lipinski definition) is 7. The molecule has 1 aliphatic rings. The molecule has 3 aromatic heterocycles. The molecule has 1 saturated heterocycles. The first-order chi connectivity index (χ1) is 15.9. The van der Waals surface area contributed by atoms with E-state index >= 15 is 0 Å². The molecule has 9 nitrogen and oxygen atoms in total. The Morgan fingerprint density at radius 1 is 1.33 bits per heavy atom. The molecular formula is C22H19ClN6O3S. The van der Waals surface area contributed by atoms with Gasteiger partial charge in [0, 0.05) is 11.9 Å². The van der Waals surface area contributed by atoms with Crippen LogP contribution in [-0.2, 0) is 11.3 Å². The van der Waals surface area contributed by atoms with Crippen molar-refractivity contribution in [3.05, 3.63) is 63.1 Å². The fourth-order valence-electron chi connectivity index (χ4n) is 3.81. The van der Waals surface area contributed by atoms with Gasteiger partial charge in [-0.2, -0.15) is 5.10 Å². The summed E-state index contributed by atoms with van der Waals surface area (Å²) in [5, 5.41) is 31.0. The summed E-state index contributed by atoms with van der Waals surface area (Å²) in [4.78, 5) is 14.8. The molecule has 0 bridgehead atoms. The number of hydrogen-bond donors (Lipinski definition) is 3. The molecule has 0 aliphatic carbocycles.